The normalized spacial score (nSPS) is 11.9. The first-order chi connectivity index (χ1) is 13.1. The van der Waals surface area contributed by atoms with Crippen LogP contribution in [0.15, 0.2) is 76.2 Å². The molecule has 1 N–H and O–H groups in total. The number of methoxy groups -OCH3 is 1. The lowest BCUT2D eigenvalue weighted by Gasteiger charge is -2.05. The van der Waals surface area contributed by atoms with Crippen molar-refractivity contribution in [2.24, 2.45) is 10.1 Å². The molecule has 0 aliphatic carbocycles. The third kappa shape index (κ3) is 4.74. The average Bonchev–Trinajstić information content (AvgIpc) is 3.09. The Morgan fingerprint density at radius 3 is 2.52 bits per heavy atom. The molecular formula is C21H21N3O2S. The van der Waals surface area contributed by atoms with Crippen LogP contribution in [0.3, 0.4) is 0 Å². The van der Waals surface area contributed by atoms with Gasteiger partial charge in [-0.2, -0.15) is 5.10 Å². The minimum atomic E-state index is 0.228. The minimum absolute atomic E-state index is 0.228. The first-order valence-electron chi connectivity index (χ1n) is 8.40. The van der Waals surface area contributed by atoms with Crippen molar-refractivity contribution in [3.8, 4) is 22.8 Å². The van der Waals surface area contributed by atoms with Crippen molar-refractivity contribution >= 4 is 17.6 Å². The van der Waals surface area contributed by atoms with Gasteiger partial charge in [0, 0.05) is 10.9 Å². The van der Waals surface area contributed by atoms with Gasteiger partial charge in [-0.05, 0) is 61.0 Å². The summed E-state index contributed by atoms with van der Waals surface area (Å²) in [5, 5.41) is 16.1. The summed E-state index contributed by atoms with van der Waals surface area (Å²) in [5.41, 5.74) is 3.84. The van der Waals surface area contributed by atoms with Crippen molar-refractivity contribution in [1.29, 1.82) is 0 Å². The Morgan fingerprint density at radius 2 is 1.89 bits per heavy atom. The van der Waals surface area contributed by atoms with E-state index >= 15 is 0 Å². The molecule has 1 heterocycles. The molecule has 0 bridgehead atoms. The monoisotopic (exact) mass is 379 g/mol. The van der Waals surface area contributed by atoms with E-state index in [9.17, 15) is 5.11 Å². The van der Waals surface area contributed by atoms with E-state index in [1.165, 1.54) is 11.3 Å². The number of ether oxygens (including phenoxy) is 1. The molecule has 6 heteroatoms. The van der Waals surface area contributed by atoms with Crippen LogP contribution in [-0.2, 0) is 0 Å². The minimum Gasteiger partial charge on any atom is -0.508 e. The predicted octanol–water partition coefficient (Wildman–Crippen LogP) is 4.29. The quantitative estimate of drug-likeness (QED) is 0.513. The van der Waals surface area contributed by atoms with E-state index in [0.717, 1.165) is 32.9 Å². The third-order valence-corrected chi connectivity index (χ3v) is 4.62. The molecule has 0 radical (unpaired) electrons. The Hall–Kier alpha value is -3.12. The molecule has 0 aliphatic heterocycles. The van der Waals surface area contributed by atoms with Crippen LogP contribution in [0.2, 0.25) is 0 Å². The smallest absolute Gasteiger partial charge is 0.206 e. The molecule has 0 saturated heterocycles. The highest BCUT2D eigenvalue weighted by molar-refractivity contribution is 7.07. The molecule has 0 atom stereocenters. The molecule has 3 rings (SSSR count). The highest BCUT2D eigenvalue weighted by atomic mass is 32.1. The molecule has 3 aromatic rings. The summed E-state index contributed by atoms with van der Waals surface area (Å²) in [6.07, 6.45) is 1.75. The number of phenols is 1. The maximum Gasteiger partial charge on any atom is 0.206 e. The topological polar surface area (TPSA) is 59.1 Å². The number of hydrogen-bond donors (Lipinski definition) is 1. The Kier molecular flexibility index (Phi) is 5.88. The number of phenolic OH excluding ortho intramolecular Hbond substituents is 1. The second-order valence-corrected chi connectivity index (χ2v) is 6.89. The molecule has 27 heavy (non-hydrogen) atoms. The number of aromatic hydroxyl groups is 1. The summed E-state index contributed by atoms with van der Waals surface area (Å²) in [6.45, 7) is 6.41. The second kappa shape index (κ2) is 8.51. The number of aromatic nitrogens is 1. The zero-order chi connectivity index (χ0) is 19.2. The van der Waals surface area contributed by atoms with Gasteiger partial charge in [-0.15, -0.1) is 11.3 Å². The van der Waals surface area contributed by atoms with Gasteiger partial charge < -0.3 is 9.84 Å². The van der Waals surface area contributed by atoms with Crippen molar-refractivity contribution in [3.05, 3.63) is 76.4 Å². The molecule has 0 spiro atoms. The zero-order valence-electron chi connectivity index (χ0n) is 15.3. The van der Waals surface area contributed by atoms with Crippen molar-refractivity contribution in [2.75, 3.05) is 13.7 Å². The van der Waals surface area contributed by atoms with Crippen LogP contribution in [-0.4, -0.2) is 29.7 Å². The number of benzene rings is 2. The fraction of sp³-hybridized carbons (Fsp3) is 0.143. The van der Waals surface area contributed by atoms with Crippen LogP contribution in [0, 0.1) is 0 Å². The van der Waals surface area contributed by atoms with Gasteiger partial charge in [0.15, 0.2) is 0 Å². The van der Waals surface area contributed by atoms with Crippen LogP contribution < -0.4 is 9.54 Å². The van der Waals surface area contributed by atoms with Gasteiger partial charge in [0.2, 0.25) is 4.80 Å². The fourth-order valence-corrected chi connectivity index (χ4v) is 3.20. The maximum atomic E-state index is 9.43. The van der Waals surface area contributed by atoms with E-state index in [1.807, 2.05) is 53.4 Å². The van der Waals surface area contributed by atoms with E-state index in [-0.39, 0.29) is 5.75 Å². The Labute approximate surface area is 162 Å². The fourth-order valence-electron chi connectivity index (χ4n) is 2.37. The van der Waals surface area contributed by atoms with E-state index < -0.39 is 0 Å². The summed E-state index contributed by atoms with van der Waals surface area (Å²) in [4.78, 5) is 5.41. The summed E-state index contributed by atoms with van der Waals surface area (Å²) >= 11 is 1.53. The van der Waals surface area contributed by atoms with E-state index in [2.05, 4.69) is 16.7 Å². The first-order valence-corrected chi connectivity index (χ1v) is 9.28. The molecule has 2 aromatic carbocycles. The largest absolute Gasteiger partial charge is 0.508 e. The molecule has 138 valence electrons. The SMILES string of the molecule is C=C(C)CN=c1scc(-c2ccc(OC)cc2)n1N=Cc1ccc(O)cc1. The number of thiazole rings is 1. The third-order valence-electron chi connectivity index (χ3n) is 3.77. The molecule has 0 saturated carbocycles. The first kappa shape index (κ1) is 18.7. The van der Waals surface area contributed by atoms with Crippen molar-refractivity contribution in [2.45, 2.75) is 6.92 Å². The predicted molar refractivity (Wildman–Crippen MR) is 111 cm³/mol. The van der Waals surface area contributed by atoms with Crippen molar-refractivity contribution in [1.82, 2.24) is 4.68 Å². The second-order valence-electron chi connectivity index (χ2n) is 6.05. The highest BCUT2D eigenvalue weighted by Crippen LogP contribution is 2.23. The summed E-state index contributed by atoms with van der Waals surface area (Å²) < 4.78 is 7.06. The Bertz CT molecular complexity index is 1010. The molecular weight excluding hydrogens is 358 g/mol. The Morgan fingerprint density at radius 1 is 1.19 bits per heavy atom. The molecule has 0 unspecified atom stereocenters. The molecule has 0 amide bonds. The van der Waals surface area contributed by atoms with Gasteiger partial charge in [-0.25, -0.2) is 4.68 Å². The molecule has 0 aliphatic rings. The van der Waals surface area contributed by atoms with Crippen LogP contribution in [0.5, 0.6) is 11.5 Å². The zero-order valence-corrected chi connectivity index (χ0v) is 16.1. The van der Waals surface area contributed by atoms with Gasteiger partial charge >= 0.3 is 0 Å². The maximum absolute atomic E-state index is 9.43. The summed E-state index contributed by atoms with van der Waals surface area (Å²) in [7, 11) is 1.65. The van der Waals surface area contributed by atoms with Crippen LogP contribution >= 0.6 is 11.3 Å². The van der Waals surface area contributed by atoms with Gasteiger partial charge in [0.25, 0.3) is 0 Å². The van der Waals surface area contributed by atoms with Gasteiger partial charge in [0.1, 0.15) is 11.5 Å². The lowest BCUT2D eigenvalue weighted by atomic mass is 10.2. The van der Waals surface area contributed by atoms with Crippen molar-refractivity contribution < 1.29 is 9.84 Å². The van der Waals surface area contributed by atoms with E-state index in [4.69, 9.17) is 4.74 Å². The summed E-state index contributed by atoms with van der Waals surface area (Å²) in [5.74, 6) is 1.03. The lowest BCUT2D eigenvalue weighted by molar-refractivity contribution is 0.415. The molecule has 5 nitrogen and oxygen atoms in total. The number of nitrogens with zero attached hydrogens (tertiary/aromatic N) is 3. The lowest BCUT2D eigenvalue weighted by Crippen LogP contribution is -2.13. The number of hydrogen-bond acceptors (Lipinski definition) is 5. The van der Waals surface area contributed by atoms with Gasteiger partial charge in [0.05, 0.1) is 25.6 Å². The average molecular weight is 379 g/mol. The highest BCUT2D eigenvalue weighted by Gasteiger charge is 2.08. The van der Waals surface area contributed by atoms with E-state index in [0.29, 0.717) is 6.54 Å². The van der Waals surface area contributed by atoms with Gasteiger partial charge in [-0.3, -0.25) is 4.99 Å². The van der Waals surface area contributed by atoms with Crippen molar-refractivity contribution in [3.63, 3.8) is 0 Å². The van der Waals surface area contributed by atoms with Crippen LogP contribution in [0.1, 0.15) is 12.5 Å². The van der Waals surface area contributed by atoms with Crippen LogP contribution in [0.25, 0.3) is 11.3 Å². The van der Waals surface area contributed by atoms with Gasteiger partial charge in [-0.1, -0.05) is 12.2 Å². The standard InChI is InChI=1S/C21H21N3O2S/c1-15(2)12-22-21-24(23-13-16-4-8-18(25)9-5-16)20(14-27-21)17-6-10-19(26-3)11-7-17/h4-11,13-14,25H,1,12H2,2-3H3. The molecule has 1 aromatic heterocycles. The molecule has 0 fully saturated rings. The number of rotatable bonds is 6. The van der Waals surface area contributed by atoms with E-state index in [1.54, 1.807) is 25.5 Å². The Balaban J connectivity index is 2.03. The van der Waals surface area contributed by atoms with Crippen LogP contribution in [0.4, 0.5) is 0 Å². The summed E-state index contributed by atoms with van der Waals surface area (Å²) in [6, 6.07) is 14.7.